The van der Waals surface area contributed by atoms with Gasteiger partial charge in [-0.1, -0.05) is 74.9 Å². The summed E-state index contributed by atoms with van der Waals surface area (Å²) in [5.74, 6) is 0. The number of aliphatic hydroxyl groups excluding tert-OH is 1. The van der Waals surface area contributed by atoms with Crippen LogP contribution in [-0.2, 0) is 11.8 Å². The highest BCUT2D eigenvalue weighted by Gasteiger charge is 2.14. The molecule has 0 saturated carbocycles. The van der Waals surface area contributed by atoms with Gasteiger partial charge >= 0.3 is 0 Å². The van der Waals surface area contributed by atoms with Crippen LogP contribution in [0.5, 0.6) is 0 Å². The number of aliphatic hydroxyl groups is 1. The van der Waals surface area contributed by atoms with Gasteiger partial charge in [-0.25, -0.2) is 0 Å². The van der Waals surface area contributed by atoms with E-state index in [2.05, 4.69) is 76.2 Å². The van der Waals surface area contributed by atoms with Gasteiger partial charge in [0.1, 0.15) is 0 Å². The molecule has 0 heterocycles. The van der Waals surface area contributed by atoms with Crippen LogP contribution in [0.3, 0.4) is 0 Å². The predicted molar refractivity (Wildman–Crippen MR) is 89.6 cm³/mol. The summed E-state index contributed by atoms with van der Waals surface area (Å²) in [6.45, 7) is 8.72. The molecule has 2 aromatic rings. The highest BCUT2D eigenvalue weighted by molar-refractivity contribution is 5.29. The van der Waals surface area contributed by atoms with Crippen molar-refractivity contribution >= 4 is 0 Å². The molecule has 0 aliphatic heterocycles. The molecule has 1 N–H and O–H groups in total. The molecule has 21 heavy (non-hydrogen) atoms. The van der Waals surface area contributed by atoms with E-state index in [9.17, 15) is 5.11 Å². The first-order chi connectivity index (χ1) is 9.86. The van der Waals surface area contributed by atoms with Crippen molar-refractivity contribution < 1.29 is 5.11 Å². The first-order valence-corrected chi connectivity index (χ1v) is 7.70. The van der Waals surface area contributed by atoms with Crippen molar-refractivity contribution in [3.8, 4) is 0 Å². The third-order valence-corrected chi connectivity index (χ3v) is 3.95. The summed E-state index contributed by atoms with van der Waals surface area (Å²) in [6.07, 6.45) is 1.28. The van der Waals surface area contributed by atoms with Crippen LogP contribution in [0.1, 0.15) is 55.5 Å². The second kappa shape index (κ2) is 6.44. The topological polar surface area (TPSA) is 20.2 Å². The number of aryl methyl sites for hydroxylation is 2. The Morgan fingerprint density at radius 2 is 1.67 bits per heavy atom. The Balaban J connectivity index is 1.99. The van der Waals surface area contributed by atoms with Crippen LogP contribution in [0.4, 0.5) is 0 Å². The zero-order valence-electron chi connectivity index (χ0n) is 13.6. The maximum absolute atomic E-state index is 10.3. The Morgan fingerprint density at radius 1 is 1.00 bits per heavy atom. The van der Waals surface area contributed by atoms with Crippen molar-refractivity contribution in [1.29, 1.82) is 0 Å². The average molecular weight is 282 g/mol. The second-order valence-electron chi connectivity index (χ2n) is 6.92. The van der Waals surface area contributed by atoms with Crippen LogP contribution >= 0.6 is 0 Å². The third-order valence-electron chi connectivity index (χ3n) is 3.95. The molecular weight excluding hydrogens is 256 g/mol. The fraction of sp³-hybridized carbons (Fsp3) is 0.400. The molecule has 0 aliphatic carbocycles. The molecule has 0 bridgehead atoms. The van der Waals surface area contributed by atoms with Crippen LogP contribution in [0.15, 0.2) is 48.5 Å². The normalized spacial score (nSPS) is 13.2. The van der Waals surface area contributed by atoms with Gasteiger partial charge in [-0.05, 0) is 41.9 Å². The molecule has 0 amide bonds. The fourth-order valence-corrected chi connectivity index (χ4v) is 2.54. The zero-order chi connectivity index (χ0) is 15.5. The minimum absolute atomic E-state index is 0.158. The largest absolute Gasteiger partial charge is 0.388 e. The molecule has 0 saturated heterocycles. The Hall–Kier alpha value is -1.60. The van der Waals surface area contributed by atoms with E-state index in [1.165, 1.54) is 16.7 Å². The van der Waals surface area contributed by atoms with E-state index in [0.29, 0.717) is 0 Å². The van der Waals surface area contributed by atoms with Crippen LogP contribution in [0.25, 0.3) is 0 Å². The molecule has 1 unspecified atom stereocenters. The number of benzene rings is 2. The maximum atomic E-state index is 10.3. The molecule has 0 radical (unpaired) electrons. The smallest absolute Gasteiger partial charge is 0.0793 e. The first-order valence-electron chi connectivity index (χ1n) is 7.70. The minimum atomic E-state index is -0.389. The van der Waals surface area contributed by atoms with Gasteiger partial charge in [0.15, 0.2) is 0 Å². The molecule has 0 aliphatic rings. The standard InChI is InChI=1S/C20H26O/c1-15-6-5-7-16(14-15)8-13-19(21)17-9-11-18(12-10-17)20(2,3)4/h5-7,9-12,14,19,21H,8,13H2,1-4H3. The summed E-state index contributed by atoms with van der Waals surface area (Å²) in [5, 5.41) is 10.3. The summed E-state index contributed by atoms with van der Waals surface area (Å²) >= 11 is 0. The van der Waals surface area contributed by atoms with E-state index < -0.39 is 0 Å². The van der Waals surface area contributed by atoms with Gasteiger partial charge in [0.2, 0.25) is 0 Å². The van der Waals surface area contributed by atoms with Gasteiger partial charge in [0.05, 0.1) is 6.10 Å². The molecule has 2 rings (SSSR count). The van der Waals surface area contributed by atoms with E-state index in [4.69, 9.17) is 0 Å². The van der Waals surface area contributed by atoms with Gasteiger partial charge in [-0.3, -0.25) is 0 Å². The molecule has 1 atom stereocenters. The van der Waals surface area contributed by atoms with Crippen molar-refractivity contribution in [2.75, 3.05) is 0 Å². The van der Waals surface area contributed by atoms with E-state index in [1.807, 2.05) is 0 Å². The average Bonchev–Trinajstić information content (AvgIpc) is 2.44. The quantitative estimate of drug-likeness (QED) is 0.840. The molecule has 0 aromatic heterocycles. The van der Waals surface area contributed by atoms with Crippen molar-refractivity contribution in [2.45, 2.75) is 52.1 Å². The molecule has 0 fully saturated rings. The molecular formula is C20H26O. The lowest BCUT2D eigenvalue weighted by atomic mass is 9.86. The molecule has 2 aromatic carbocycles. The molecule has 0 spiro atoms. The third kappa shape index (κ3) is 4.44. The summed E-state index contributed by atoms with van der Waals surface area (Å²) in [6, 6.07) is 16.9. The van der Waals surface area contributed by atoms with Gasteiger partial charge in [0.25, 0.3) is 0 Å². The molecule has 112 valence electrons. The van der Waals surface area contributed by atoms with Gasteiger partial charge in [-0.2, -0.15) is 0 Å². The molecule has 1 heteroatoms. The number of hydrogen-bond acceptors (Lipinski definition) is 1. The minimum Gasteiger partial charge on any atom is -0.388 e. The van der Waals surface area contributed by atoms with E-state index in [0.717, 1.165) is 18.4 Å². The lowest BCUT2D eigenvalue weighted by Crippen LogP contribution is -2.11. The Labute approximate surface area is 128 Å². The predicted octanol–water partition coefficient (Wildman–Crippen LogP) is 4.96. The maximum Gasteiger partial charge on any atom is 0.0793 e. The van der Waals surface area contributed by atoms with Crippen molar-refractivity contribution in [3.63, 3.8) is 0 Å². The summed E-state index contributed by atoms with van der Waals surface area (Å²) < 4.78 is 0. The van der Waals surface area contributed by atoms with Crippen LogP contribution in [-0.4, -0.2) is 5.11 Å². The Bertz CT molecular complexity index is 576. The SMILES string of the molecule is Cc1cccc(CCC(O)c2ccc(C(C)(C)C)cc2)c1. The highest BCUT2D eigenvalue weighted by atomic mass is 16.3. The lowest BCUT2D eigenvalue weighted by molar-refractivity contribution is 0.168. The van der Waals surface area contributed by atoms with Crippen LogP contribution in [0.2, 0.25) is 0 Å². The first kappa shape index (κ1) is 15.8. The van der Waals surface area contributed by atoms with Crippen LogP contribution < -0.4 is 0 Å². The van der Waals surface area contributed by atoms with Gasteiger partial charge < -0.3 is 5.11 Å². The summed E-state index contributed by atoms with van der Waals surface area (Å²) in [4.78, 5) is 0. The fourth-order valence-electron chi connectivity index (χ4n) is 2.54. The molecule has 1 nitrogen and oxygen atoms in total. The van der Waals surface area contributed by atoms with Crippen molar-refractivity contribution in [1.82, 2.24) is 0 Å². The van der Waals surface area contributed by atoms with Crippen molar-refractivity contribution in [3.05, 3.63) is 70.8 Å². The van der Waals surface area contributed by atoms with Gasteiger partial charge in [0, 0.05) is 0 Å². The summed E-state index contributed by atoms with van der Waals surface area (Å²) in [5.41, 5.74) is 5.04. The highest BCUT2D eigenvalue weighted by Crippen LogP contribution is 2.25. The van der Waals surface area contributed by atoms with Crippen molar-refractivity contribution in [2.24, 2.45) is 0 Å². The van der Waals surface area contributed by atoms with E-state index in [-0.39, 0.29) is 11.5 Å². The number of rotatable bonds is 4. The Morgan fingerprint density at radius 3 is 2.24 bits per heavy atom. The zero-order valence-corrected chi connectivity index (χ0v) is 13.6. The lowest BCUT2D eigenvalue weighted by Gasteiger charge is -2.20. The monoisotopic (exact) mass is 282 g/mol. The van der Waals surface area contributed by atoms with E-state index >= 15 is 0 Å². The number of hydrogen-bond donors (Lipinski definition) is 1. The van der Waals surface area contributed by atoms with Crippen LogP contribution in [0, 0.1) is 6.92 Å². The summed E-state index contributed by atoms with van der Waals surface area (Å²) in [7, 11) is 0. The van der Waals surface area contributed by atoms with Gasteiger partial charge in [-0.15, -0.1) is 0 Å². The van der Waals surface area contributed by atoms with E-state index in [1.54, 1.807) is 0 Å². The second-order valence-corrected chi connectivity index (χ2v) is 6.92. The Kier molecular flexibility index (Phi) is 4.84.